The van der Waals surface area contributed by atoms with Crippen LogP contribution in [0.4, 0.5) is 4.79 Å². The summed E-state index contributed by atoms with van der Waals surface area (Å²) in [7, 11) is 1.58. The van der Waals surface area contributed by atoms with Gasteiger partial charge in [0.25, 0.3) is 0 Å². The van der Waals surface area contributed by atoms with E-state index in [1.54, 1.807) is 13.3 Å². The number of carbonyl (C=O) groups excluding carboxylic acids is 1. The van der Waals surface area contributed by atoms with E-state index in [0.29, 0.717) is 18.9 Å². The smallest absolute Gasteiger partial charge is 0.407 e. The van der Waals surface area contributed by atoms with Crippen LogP contribution in [0.2, 0.25) is 0 Å². The van der Waals surface area contributed by atoms with Gasteiger partial charge in [0.1, 0.15) is 18.0 Å². The lowest BCUT2D eigenvalue weighted by molar-refractivity contribution is 0.0472. The Balaban J connectivity index is 1.52. The van der Waals surface area contributed by atoms with Crippen LogP contribution in [-0.2, 0) is 9.57 Å². The van der Waals surface area contributed by atoms with Crippen LogP contribution in [0, 0.1) is 0 Å². The second-order valence-corrected chi connectivity index (χ2v) is 7.84. The quantitative estimate of drug-likeness (QED) is 0.742. The molecular weight excluding hydrogens is 386 g/mol. The van der Waals surface area contributed by atoms with Crippen molar-refractivity contribution in [3.8, 4) is 22.8 Å². The van der Waals surface area contributed by atoms with E-state index in [1.807, 2.05) is 57.2 Å². The zero-order chi connectivity index (χ0) is 21.6. The molecule has 1 aliphatic rings. The molecule has 0 aliphatic carbocycles. The van der Waals surface area contributed by atoms with Gasteiger partial charge in [-0.1, -0.05) is 23.4 Å². The van der Waals surface area contributed by atoms with Crippen molar-refractivity contribution in [1.29, 1.82) is 0 Å². The monoisotopic (exact) mass is 413 g/mol. The van der Waals surface area contributed by atoms with Gasteiger partial charge >= 0.3 is 6.09 Å². The maximum atomic E-state index is 11.8. The molecule has 0 fully saturated rings. The molecule has 1 aromatic heterocycles. The first-order valence-corrected chi connectivity index (χ1v) is 9.75. The summed E-state index contributed by atoms with van der Waals surface area (Å²) in [5, 5.41) is 6.73. The van der Waals surface area contributed by atoms with Gasteiger partial charge in [0.05, 0.1) is 19.4 Å². The van der Waals surface area contributed by atoms with Crippen molar-refractivity contribution >= 4 is 11.8 Å². The van der Waals surface area contributed by atoms with Crippen molar-refractivity contribution in [2.75, 3.05) is 20.3 Å². The molecule has 0 spiro atoms. The van der Waals surface area contributed by atoms with Crippen LogP contribution in [0.15, 0.2) is 47.8 Å². The first-order valence-electron chi connectivity index (χ1n) is 9.75. The minimum absolute atomic E-state index is 0.222. The fraction of sp³-hybridized carbons (Fsp3) is 0.409. The zero-order valence-electron chi connectivity index (χ0n) is 17.7. The van der Waals surface area contributed by atoms with Gasteiger partial charge in [-0.25, -0.2) is 9.78 Å². The molecule has 1 aliphatic heterocycles. The third kappa shape index (κ3) is 6.10. The van der Waals surface area contributed by atoms with E-state index in [4.69, 9.17) is 19.0 Å². The fourth-order valence-corrected chi connectivity index (χ4v) is 2.87. The number of pyridine rings is 1. The number of amides is 1. The molecule has 0 radical (unpaired) electrons. The van der Waals surface area contributed by atoms with Crippen molar-refractivity contribution in [1.82, 2.24) is 10.3 Å². The molecular formula is C22H27N3O5. The van der Waals surface area contributed by atoms with Gasteiger partial charge < -0.3 is 24.4 Å². The number of carbonyl (C=O) groups is 1. The number of nitrogens with zero attached hydrogens (tertiary/aromatic N) is 2. The molecule has 160 valence electrons. The van der Waals surface area contributed by atoms with Crippen molar-refractivity contribution in [2.24, 2.45) is 5.16 Å². The second-order valence-electron chi connectivity index (χ2n) is 7.84. The Morgan fingerprint density at radius 3 is 2.83 bits per heavy atom. The van der Waals surface area contributed by atoms with Gasteiger partial charge in [-0.2, -0.15) is 0 Å². The maximum absolute atomic E-state index is 11.8. The van der Waals surface area contributed by atoms with Crippen LogP contribution >= 0.6 is 0 Å². The summed E-state index contributed by atoms with van der Waals surface area (Å²) in [5.41, 5.74) is 2.08. The second kappa shape index (κ2) is 9.47. The third-order valence-corrected chi connectivity index (χ3v) is 4.20. The van der Waals surface area contributed by atoms with Crippen LogP contribution < -0.4 is 14.8 Å². The topological polar surface area (TPSA) is 91.3 Å². The summed E-state index contributed by atoms with van der Waals surface area (Å²) >= 11 is 0. The molecule has 2 heterocycles. The standard InChI is InChI=1S/C22H27N3O5/c1-22(2,3)29-21(26)24-13-16-12-17(30-25-16)14-28-19-8-6-5-7-18(19)15-9-10-23-20(11-15)27-4/h5-11,17H,12-14H2,1-4H3,(H,24,26). The van der Waals surface area contributed by atoms with Crippen molar-refractivity contribution in [2.45, 2.75) is 38.9 Å². The molecule has 0 saturated heterocycles. The predicted octanol–water partition coefficient (Wildman–Crippen LogP) is 3.81. The van der Waals surface area contributed by atoms with Crippen molar-refractivity contribution in [3.63, 3.8) is 0 Å². The molecule has 1 amide bonds. The zero-order valence-corrected chi connectivity index (χ0v) is 17.7. The van der Waals surface area contributed by atoms with Crippen molar-refractivity contribution in [3.05, 3.63) is 42.6 Å². The van der Waals surface area contributed by atoms with Crippen molar-refractivity contribution < 1.29 is 23.8 Å². The third-order valence-electron chi connectivity index (χ3n) is 4.20. The van der Waals surface area contributed by atoms with Crippen LogP contribution in [-0.4, -0.2) is 48.8 Å². The molecule has 1 N–H and O–H groups in total. The molecule has 1 unspecified atom stereocenters. The summed E-state index contributed by atoms with van der Waals surface area (Å²) in [6, 6.07) is 11.5. The highest BCUT2D eigenvalue weighted by molar-refractivity contribution is 5.89. The highest BCUT2D eigenvalue weighted by atomic mass is 16.7. The van der Waals surface area contributed by atoms with Gasteiger partial charge in [0, 0.05) is 24.2 Å². The fourth-order valence-electron chi connectivity index (χ4n) is 2.87. The Bertz CT molecular complexity index is 908. The van der Waals surface area contributed by atoms with E-state index in [1.165, 1.54) is 0 Å². The maximum Gasteiger partial charge on any atom is 0.407 e. The number of benzene rings is 1. The van der Waals surface area contributed by atoms with Gasteiger partial charge in [-0.3, -0.25) is 0 Å². The normalized spacial score (nSPS) is 15.7. The van der Waals surface area contributed by atoms with E-state index in [-0.39, 0.29) is 12.6 Å². The lowest BCUT2D eigenvalue weighted by Crippen LogP contribution is -2.35. The minimum Gasteiger partial charge on any atom is -0.489 e. The first-order chi connectivity index (χ1) is 14.3. The largest absolute Gasteiger partial charge is 0.489 e. The lowest BCUT2D eigenvalue weighted by atomic mass is 10.1. The molecule has 8 nitrogen and oxygen atoms in total. The number of hydrogen-bond acceptors (Lipinski definition) is 7. The molecule has 3 rings (SSSR count). The number of alkyl carbamates (subject to hydrolysis) is 1. The van der Waals surface area contributed by atoms with Gasteiger partial charge in [0.2, 0.25) is 5.88 Å². The van der Waals surface area contributed by atoms with E-state index in [2.05, 4.69) is 15.5 Å². The Kier molecular flexibility index (Phi) is 6.76. The number of para-hydroxylation sites is 1. The Morgan fingerprint density at radius 1 is 1.27 bits per heavy atom. The molecule has 8 heteroatoms. The Hall–Kier alpha value is -3.29. The van der Waals surface area contributed by atoms with E-state index >= 15 is 0 Å². The first kappa shape index (κ1) is 21.4. The molecule has 30 heavy (non-hydrogen) atoms. The highest BCUT2D eigenvalue weighted by Gasteiger charge is 2.23. The summed E-state index contributed by atoms with van der Waals surface area (Å²) in [5.74, 6) is 1.27. The van der Waals surface area contributed by atoms with Gasteiger partial charge in [0.15, 0.2) is 6.10 Å². The minimum atomic E-state index is -0.541. The van der Waals surface area contributed by atoms with Gasteiger partial charge in [-0.05, 0) is 38.5 Å². The van der Waals surface area contributed by atoms with Crippen LogP contribution in [0.5, 0.6) is 11.6 Å². The van der Waals surface area contributed by atoms with E-state index in [0.717, 1.165) is 22.6 Å². The number of nitrogens with one attached hydrogen (secondary N) is 1. The highest BCUT2D eigenvalue weighted by Crippen LogP contribution is 2.31. The molecule has 0 bridgehead atoms. The van der Waals surface area contributed by atoms with E-state index < -0.39 is 11.7 Å². The molecule has 0 saturated carbocycles. The molecule has 2 aromatic rings. The van der Waals surface area contributed by atoms with Crippen LogP contribution in [0.1, 0.15) is 27.2 Å². The Morgan fingerprint density at radius 2 is 2.07 bits per heavy atom. The molecule has 1 atom stereocenters. The van der Waals surface area contributed by atoms with Crippen LogP contribution in [0.25, 0.3) is 11.1 Å². The molecule has 1 aromatic carbocycles. The lowest BCUT2D eigenvalue weighted by Gasteiger charge is -2.19. The van der Waals surface area contributed by atoms with Crippen LogP contribution in [0.3, 0.4) is 0 Å². The average Bonchev–Trinajstić information content (AvgIpc) is 3.18. The number of oxime groups is 1. The number of rotatable bonds is 7. The summed E-state index contributed by atoms with van der Waals surface area (Å²) in [6.45, 7) is 6.06. The summed E-state index contributed by atoms with van der Waals surface area (Å²) < 4.78 is 16.4. The number of aromatic nitrogens is 1. The summed E-state index contributed by atoms with van der Waals surface area (Å²) in [6.07, 6.45) is 1.57. The Labute approximate surface area is 176 Å². The SMILES string of the molecule is COc1cc(-c2ccccc2OCC2CC(CNC(=O)OC(C)(C)C)=NO2)ccn1. The number of methoxy groups -OCH3 is 1. The number of hydrogen-bond donors (Lipinski definition) is 1. The summed E-state index contributed by atoms with van der Waals surface area (Å²) in [4.78, 5) is 21.3. The number of ether oxygens (including phenoxy) is 3. The van der Waals surface area contributed by atoms with Gasteiger partial charge in [-0.15, -0.1) is 0 Å². The average molecular weight is 413 g/mol. The predicted molar refractivity (Wildman–Crippen MR) is 113 cm³/mol. The van der Waals surface area contributed by atoms with E-state index in [9.17, 15) is 4.79 Å².